The van der Waals surface area contributed by atoms with Crippen molar-refractivity contribution >= 4 is 11.6 Å². The van der Waals surface area contributed by atoms with Crippen LogP contribution >= 0.6 is 0 Å². The van der Waals surface area contributed by atoms with Crippen LogP contribution in [0, 0.1) is 15.5 Å². The van der Waals surface area contributed by atoms with E-state index in [1.807, 2.05) is 13.8 Å². The monoisotopic (exact) mass is 291 g/mol. The fourth-order valence-corrected chi connectivity index (χ4v) is 2.74. The molecule has 6 heteroatoms. The van der Waals surface area contributed by atoms with Crippen LogP contribution in [-0.2, 0) is 4.79 Å². The fourth-order valence-electron chi connectivity index (χ4n) is 2.74. The first-order chi connectivity index (χ1) is 9.98. The molecule has 0 bridgehead atoms. The Morgan fingerprint density at radius 3 is 2.90 bits per heavy atom. The van der Waals surface area contributed by atoms with E-state index in [2.05, 4.69) is 10.6 Å². The van der Waals surface area contributed by atoms with Gasteiger partial charge in [0.15, 0.2) is 0 Å². The lowest BCUT2D eigenvalue weighted by molar-refractivity contribution is -0.384. The van der Waals surface area contributed by atoms with E-state index in [0.29, 0.717) is 6.54 Å². The van der Waals surface area contributed by atoms with Crippen molar-refractivity contribution in [2.45, 2.75) is 32.7 Å². The second-order valence-electron chi connectivity index (χ2n) is 5.61. The highest BCUT2D eigenvalue weighted by molar-refractivity contribution is 5.83. The maximum atomic E-state index is 12.5. The molecule has 1 aromatic carbocycles. The van der Waals surface area contributed by atoms with Crippen LogP contribution in [0.5, 0.6) is 0 Å². The number of carbonyl (C=O) groups excluding carboxylic acids is 1. The minimum atomic E-state index is -0.424. The summed E-state index contributed by atoms with van der Waals surface area (Å²) in [4.78, 5) is 22.9. The van der Waals surface area contributed by atoms with Crippen LogP contribution in [0.2, 0.25) is 0 Å². The molecule has 2 unspecified atom stereocenters. The minimum Gasteiger partial charge on any atom is -0.349 e. The van der Waals surface area contributed by atoms with Crippen molar-refractivity contribution in [3.05, 3.63) is 39.9 Å². The summed E-state index contributed by atoms with van der Waals surface area (Å²) in [5.41, 5.74) is 0.436. The summed E-state index contributed by atoms with van der Waals surface area (Å²) >= 11 is 0. The van der Waals surface area contributed by atoms with Crippen LogP contribution in [0.1, 0.15) is 38.3 Å². The molecule has 1 heterocycles. The number of nitro benzene ring substituents is 1. The number of rotatable bonds is 5. The highest BCUT2D eigenvalue weighted by Crippen LogP contribution is 2.30. The molecule has 6 nitrogen and oxygen atoms in total. The molecule has 2 rings (SSSR count). The predicted octanol–water partition coefficient (Wildman–Crippen LogP) is 2.16. The van der Waals surface area contributed by atoms with E-state index in [0.717, 1.165) is 24.9 Å². The van der Waals surface area contributed by atoms with Gasteiger partial charge in [-0.3, -0.25) is 14.9 Å². The summed E-state index contributed by atoms with van der Waals surface area (Å²) in [5, 5.41) is 17.0. The molecule has 21 heavy (non-hydrogen) atoms. The van der Waals surface area contributed by atoms with Gasteiger partial charge in [0, 0.05) is 18.7 Å². The van der Waals surface area contributed by atoms with Crippen molar-refractivity contribution in [1.82, 2.24) is 10.6 Å². The molecule has 1 fully saturated rings. The molecular weight excluding hydrogens is 270 g/mol. The molecule has 0 aliphatic carbocycles. The number of benzene rings is 1. The Labute approximate surface area is 124 Å². The van der Waals surface area contributed by atoms with Crippen LogP contribution in [0.15, 0.2) is 24.3 Å². The van der Waals surface area contributed by atoms with Gasteiger partial charge in [0.25, 0.3) is 5.69 Å². The van der Waals surface area contributed by atoms with Crippen LogP contribution in [0.3, 0.4) is 0 Å². The summed E-state index contributed by atoms with van der Waals surface area (Å²) in [6, 6.07) is 6.15. The number of non-ortho nitro benzene ring substituents is 1. The zero-order chi connectivity index (χ0) is 15.5. The molecule has 1 saturated heterocycles. The highest BCUT2D eigenvalue weighted by atomic mass is 16.6. The van der Waals surface area contributed by atoms with Crippen LogP contribution in [0.4, 0.5) is 5.69 Å². The predicted molar refractivity (Wildman–Crippen MR) is 79.9 cm³/mol. The molecule has 1 aliphatic rings. The Kier molecular flexibility index (Phi) is 4.57. The van der Waals surface area contributed by atoms with E-state index in [-0.39, 0.29) is 23.1 Å². The van der Waals surface area contributed by atoms with Gasteiger partial charge in [0.05, 0.1) is 16.4 Å². The number of nitrogens with one attached hydrogen (secondary N) is 2. The van der Waals surface area contributed by atoms with E-state index in [1.165, 1.54) is 12.1 Å². The Balaban J connectivity index is 2.10. The third kappa shape index (κ3) is 3.21. The molecular formula is C15H21N3O3. The van der Waals surface area contributed by atoms with Crippen LogP contribution in [-0.4, -0.2) is 23.9 Å². The van der Waals surface area contributed by atoms with Crippen molar-refractivity contribution in [3.8, 4) is 0 Å². The molecule has 0 saturated carbocycles. The third-order valence-corrected chi connectivity index (χ3v) is 4.33. The fraction of sp³-hybridized carbons (Fsp3) is 0.533. The van der Waals surface area contributed by atoms with Gasteiger partial charge in [-0.25, -0.2) is 0 Å². The molecule has 1 aliphatic heterocycles. The summed E-state index contributed by atoms with van der Waals surface area (Å²) in [6.07, 6.45) is 1.62. The van der Waals surface area contributed by atoms with Gasteiger partial charge < -0.3 is 10.6 Å². The highest BCUT2D eigenvalue weighted by Gasteiger charge is 2.39. The summed E-state index contributed by atoms with van der Waals surface area (Å²) in [7, 11) is 0. The zero-order valence-corrected chi connectivity index (χ0v) is 12.4. The van der Waals surface area contributed by atoms with Crippen molar-refractivity contribution in [1.29, 1.82) is 0 Å². The number of nitro groups is 1. The molecule has 1 aromatic rings. The number of carbonyl (C=O) groups is 1. The van der Waals surface area contributed by atoms with Gasteiger partial charge in [0.1, 0.15) is 0 Å². The van der Waals surface area contributed by atoms with Gasteiger partial charge in [0.2, 0.25) is 5.91 Å². The number of amides is 1. The second-order valence-corrected chi connectivity index (χ2v) is 5.61. The molecule has 2 atom stereocenters. The van der Waals surface area contributed by atoms with E-state index >= 15 is 0 Å². The average molecular weight is 291 g/mol. The molecule has 1 amide bonds. The molecule has 0 radical (unpaired) electrons. The standard InChI is InChI=1S/C15H21N3O3/c1-3-15(7-8-16-10-15)14(19)17-11(2)12-5-4-6-13(9-12)18(20)21/h4-6,9,11,16H,3,7-8,10H2,1-2H3,(H,17,19). The summed E-state index contributed by atoms with van der Waals surface area (Å²) in [5.74, 6) is 0.0222. The summed E-state index contributed by atoms with van der Waals surface area (Å²) in [6.45, 7) is 5.41. The minimum absolute atomic E-state index is 0.0222. The van der Waals surface area contributed by atoms with E-state index < -0.39 is 4.92 Å². The Hall–Kier alpha value is -1.95. The van der Waals surface area contributed by atoms with Crippen molar-refractivity contribution in [2.75, 3.05) is 13.1 Å². The van der Waals surface area contributed by atoms with Crippen molar-refractivity contribution in [2.24, 2.45) is 5.41 Å². The SMILES string of the molecule is CCC1(C(=O)NC(C)c2cccc([N+](=O)[O-])c2)CCNC1. The van der Waals surface area contributed by atoms with Gasteiger partial charge in [-0.05, 0) is 31.9 Å². The lowest BCUT2D eigenvalue weighted by atomic mass is 9.83. The number of nitrogens with zero attached hydrogens (tertiary/aromatic N) is 1. The lowest BCUT2D eigenvalue weighted by Crippen LogP contribution is -2.43. The largest absolute Gasteiger partial charge is 0.349 e. The van der Waals surface area contributed by atoms with Crippen LogP contribution in [0.25, 0.3) is 0 Å². The van der Waals surface area contributed by atoms with Crippen molar-refractivity contribution in [3.63, 3.8) is 0 Å². The maximum Gasteiger partial charge on any atom is 0.269 e. The zero-order valence-electron chi connectivity index (χ0n) is 12.4. The molecule has 2 N–H and O–H groups in total. The first-order valence-electron chi connectivity index (χ1n) is 7.24. The Morgan fingerprint density at radius 1 is 1.57 bits per heavy atom. The molecule has 114 valence electrons. The average Bonchev–Trinajstić information content (AvgIpc) is 2.97. The second kappa shape index (κ2) is 6.22. The van der Waals surface area contributed by atoms with E-state index in [9.17, 15) is 14.9 Å². The van der Waals surface area contributed by atoms with E-state index in [1.54, 1.807) is 12.1 Å². The smallest absolute Gasteiger partial charge is 0.269 e. The molecule has 0 aromatic heterocycles. The third-order valence-electron chi connectivity index (χ3n) is 4.33. The molecule has 0 spiro atoms. The van der Waals surface area contributed by atoms with Gasteiger partial charge in [-0.15, -0.1) is 0 Å². The van der Waals surface area contributed by atoms with Crippen molar-refractivity contribution < 1.29 is 9.72 Å². The van der Waals surface area contributed by atoms with E-state index in [4.69, 9.17) is 0 Å². The normalized spacial score (nSPS) is 22.8. The first-order valence-corrected chi connectivity index (χ1v) is 7.24. The van der Waals surface area contributed by atoms with Gasteiger partial charge >= 0.3 is 0 Å². The first kappa shape index (κ1) is 15.4. The van der Waals surface area contributed by atoms with Gasteiger partial charge in [-0.1, -0.05) is 19.1 Å². The topological polar surface area (TPSA) is 84.3 Å². The lowest BCUT2D eigenvalue weighted by Gasteiger charge is -2.27. The quantitative estimate of drug-likeness (QED) is 0.643. The summed E-state index contributed by atoms with van der Waals surface area (Å²) < 4.78 is 0. The maximum absolute atomic E-state index is 12.5. The van der Waals surface area contributed by atoms with Crippen LogP contribution < -0.4 is 10.6 Å². The Bertz CT molecular complexity index is 539. The number of hydrogen-bond acceptors (Lipinski definition) is 4. The number of hydrogen-bond donors (Lipinski definition) is 2. The van der Waals surface area contributed by atoms with Gasteiger partial charge in [-0.2, -0.15) is 0 Å². The Morgan fingerprint density at radius 2 is 2.33 bits per heavy atom.